The Morgan fingerprint density at radius 3 is 2.29 bits per heavy atom. The normalized spacial score (nSPS) is 22.2. The molecule has 0 spiro atoms. The Bertz CT molecular complexity index is 833. The number of morpholine rings is 1. The van der Waals surface area contributed by atoms with Crippen molar-refractivity contribution in [1.29, 1.82) is 0 Å². The van der Waals surface area contributed by atoms with Crippen molar-refractivity contribution in [1.82, 2.24) is 4.90 Å². The quantitative estimate of drug-likeness (QED) is 0.692. The molecule has 2 atom stereocenters. The second kappa shape index (κ2) is 5.56. The lowest BCUT2D eigenvalue weighted by Gasteiger charge is -2.35. The van der Waals surface area contributed by atoms with Crippen LogP contribution in [0.3, 0.4) is 0 Å². The molecule has 1 aliphatic carbocycles. The molecule has 0 saturated carbocycles. The number of hydrogen-bond donors (Lipinski definition) is 0. The SMILES string of the molecule is C[C@@H]1CN(C(=O)c2cccc3c2-c2ccccc2C3=O)C[C@@H](C)O1. The van der Waals surface area contributed by atoms with Crippen molar-refractivity contribution < 1.29 is 14.3 Å². The monoisotopic (exact) mass is 321 g/mol. The Labute approximate surface area is 141 Å². The molecule has 2 aliphatic rings. The van der Waals surface area contributed by atoms with Crippen molar-refractivity contribution >= 4 is 11.7 Å². The third kappa shape index (κ3) is 2.26. The molecule has 122 valence electrons. The van der Waals surface area contributed by atoms with Gasteiger partial charge in [-0.05, 0) is 25.5 Å². The van der Waals surface area contributed by atoms with E-state index in [1.54, 1.807) is 12.1 Å². The van der Waals surface area contributed by atoms with Crippen molar-refractivity contribution in [2.75, 3.05) is 13.1 Å². The van der Waals surface area contributed by atoms with Crippen LogP contribution in [0.1, 0.15) is 40.1 Å². The fourth-order valence-electron chi connectivity index (χ4n) is 3.77. The molecule has 0 bridgehead atoms. The minimum absolute atomic E-state index is 0.000960. The third-order valence-corrected chi connectivity index (χ3v) is 4.69. The van der Waals surface area contributed by atoms with E-state index in [4.69, 9.17) is 4.74 Å². The van der Waals surface area contributed by atoms with Crippen molar-refractivity contribution in [3.63, 3.8) is 0 Å². The van der Waals surface area contributed by atoms with Gasteiger partial charge in [0.05, 0.1) is 12.2 Å². The number of amides is 1. The van der Waals surface area contributed by atoms with Gasteiger partial charge in [-0.25, -0.2) is 0 Å². The third-order valence-electron chi connectivity index (χ3n) is 4.69. The minimum atomic E-state index is -0.0293. The average Bonchev–Trinajstić information content (AvgIpc) is 2.87. The molecule has 1 aliphatic heterocycles. The predicted octanol–water partition coefficient (Wildman–Crippen LogP) is 3.15. The van der Waals surface area contributed by atoms with Crippen LogP contribution in [0, 0.1) is 0 Å². The molecule has 2 aromatic rings. The maximum Gasteiger partial charge on any atom is 0.254 e. The van der Waals surface area contributed by atoms with Crippen molar-refractivity contribution in [2.24, 2.45) is 0 Å². The number of ketones is 1. The summed E-state index contributed by atoms with van der Waals surface area (Å²) in [6, 6.07) is 12.9. The minimum Gasteiger partial charge on any atom is -0.372 e. The summed E-state index contributed by atoms with van der Waals surface area (Å²) in [6.07, 6.45) is 0.0340. The van der Waals surface area contributed by atoms with E-state index < -0.39 is 0 Å². The van der Waals surface area contributed by atoms with Crippen LogP contribution in [0.25, 0.3) is 11.1 Å². The summed E-state index contributed by atoms with van der Waals surface area (Å²) < 4.78 is 5.72. The zero-order valence-electron chi connectivity index (χ0n) is 13.8. The molecular formula is C20H19NO3. The van der Waals surface area contributed by atoms with E-state index in [1.807, 2.05) is 49.1 Å². The lowest BCUT2D eigenvalue weighted by Crippen LogP contribution is -2.48. The maximum absolute atomic E-state index is 13.1. The van der Waals surface area contributed by atoms with Crippen LogP contribution < -0.4 is 0 Å². The van der Waals surface area contributed by atoms with E-state index in [0.717, 1.165) is 11.1 Å². The summed E-state index contributed by atoms with van der Waals surface area (Å²) >= 11 is 0. The van der Waals surface area contributed by atoms with Gasteiger partial charge in [0.15, 0.2) is 5.78 Å². The first-order valence-electron chi connectivity index (χ1n) is 8.28. The van der Waals surface area contributed by atoms with Crippen LogP contribution in [-0.4, -0.2) is 41.9 Å². The molecule has 1 fully saturated rings. The molecule has 1 saturated heterocycles. The average molecular weight is 321 g/mol. The van der Waals surface area contributed by atoms with E-state index in [2.05, 4.69) is 0 Å². The molecule has 0 N–H and O–H groups in total. The summed E-state index contributed by atoms with van der Waals surface area (Å²) in [4.78, 5) is 27.6. The zero-order valence-corrected chi connectivity index (χ0v) is 13.8. The van der Waals surface area contributed by atoms with Crippen LogP contribution in [0.2, 0.25) is 0 Å². The van der Waals surface area contributed by atoms with Gasteiger partial charge in [0.1, 0.15) is 0 Å². The smallest absolute Gasteiger partial charge is 0.254 e. The molecule has 0 radical (unpaired) electrons. The van der Waals surface area contributed by atoms with E-state index >= 15 is 0 Å². The standard InChI is InChI=1S/C20H19NO3/c1-12-10-21(11-13(2)24-12)20(23)17-9-5-8-16-18(17)14-6-3-4-7-15(14)19(16)22/h3-9,12-13H,10-11H2,1-2H3/t12-,13-/m1/s1. The van der Waals surface area contributed by atoms with E-state index in [-0.39, 0.29) is 23.9 Å². The Hall–Kier alpha value is -2.46. The van der Waals surface area contributed by atoms with Crippen molar-refractivity contribution in [3.05, 3.63) is 59.2 Å². The highest BCUT2D eigenvalue weighted by molar-refractivity contribution is 6.24. The molecule has 2 aromatic carbocycles. The number of fused-ring (bicyclic) bond motifs is 3. The topological polar surface area (TPSA) is 46.6 Å². The maximum atomic E-state index is 13.1. The number of benzene rings is 2. The van der Waals surface area contributed by atoms with Gasteiger partial charge in [-0.1, -0.05) is 36.4 Å². The van der Waals surface area contributed by atoms with Crippen molar-refractivity contribution in [2.45, 2.75) is 26.1 Å². The Morgan fingerprint density at radius 1 is 0.958 bits per heavy atom. The summed E-state index contributed by atoms with van der Waals surface area (Å²) in [5.41, 5.74) is 3.53. The van der Waals surface area contributed by atoms with E-state index in [1.165, 1.54) is 0 Å². The van der Waals surface area contributed by atoms with Crippen LogP contribution in [0.5, 0.6) is 0 Å². The van der Waals surface area contributed by atoms with Gasteiger partial charge in [0.25, 0.3) is 5.91 Å². The first-order chi connectivity index (χ1) is 11.6. The first-order valence-corrected chi connectivity index (χ1v) is 8.28. The van der Waals surface area contributed by atoms with Crippen LogP contribution in [0.15, 0.2) is 42.5 Å². The highest BCUT2D eigenvalue weighted by Crippen LogP contribution is 2.39. The Kier molecular flexibility index (Phi) is 3.50. The number of carbonyl (C=O) groups excluding carboxylic acids is 2. The van der Waals surface area contributed by atoms with Gasteiger partial charge in [-0.3, -0.25) is 9.59 Å². The molecular weight excluding hydrogens is 302 g/mol. The predicted molar refractivity (Wildman–Crippen MR) is 91.2 cm³/mol. The van der Waals surface area contributed by atoms with Crippen LogP contribution >= 0.6 is 0 Å². The molecule has 0 aromatic heterocycles. The summed E-state index contributed by atoms with van der Waals surface area (Å²) in [7, 11) is 0. The van der Waals surface area contributed by atoms with E-state index in [9.17, 15) is 9.59 Å². The molecule has 1 heterocycles. The highest BCUT2D eigenvalue weighted by Gasteiger charge is 2.33. The fourth-order valence-corrected chi connectivity index (χ4v) is 3.77. The molecule has 0 unspecified atom stereocenters. The second-order valence-corrected chi connectivity index (χ2v) is 6.57. The van der Waals surface area contributed by atoms with Crippen LogP contribution in [-0.2, 0) is 4.74 Å². The lowest BCUT2D eigenvalue weighted by atomic mass is 9.98. The molecule has 4 heteroatoms. The Morgan fingerprint density at radius 2 is 1.58 bits per heavy atom. The zero-order chi connectivity index (χ0) is 16.8. The number of ether oxygens (including phenoxy) is 1. The van der Waals surface area contributed by atoms with Gasteiger partial charge < -0.3 is 9.64 Å². The van der Waals surface area contributed by atoms with Gasteiger partial charge >= 0.3 is 0 Å². The van der Waals surface area contributed by atoms with Gasteiger partial charge in [0.2, 0.25) is 0 Å². The first kappa shape index (κ1) is 15.1. The highest BCUT2D eigenvalue weighted by atomic mass is 16.5. The van der Waals surface area contributed by atoms with Crippen molar-refractivity contribution in [3.8, 4) is 11.1 Å². The summed E-state index contributed by atoms with van der Waals surface area (Å²) in [6.45, 7) is 5.10. The fraction of sp³-hybridized carbons (Fsp3) is 0.300. The van der Waals surface area contributed by atoms with Gasteiger partial charge in [0, 0.05) is 35.3 Å². The van der Waals surface area contributed by atoms with E-state index in [0.29, 0.717) is 29.8 Å². The summed E-state index contributed by atoms with van der Waals surface area (Å²) in [5, 5.41) is 0. The summed E-state index contributed by atoms with van der Waals surface area (Å²) in [5.74, 6) is -0.0303. The van der Waals surface area contributed by atoms with Gasteiger partial charge in [-0.2, -0.15) is 0 Å². The van der Waals surface area contributed by atoms with Gasteiger partial charge in [-0.15, -0.1) is 0 Å². The lowest BCUT2D eigenvalue weighted by molar-refractivity contribution is -0.0586. The largest absolute Gasteiger partial charge is 0.372 e. The number of hydrogen-bond acceptors (Lipinski definition) is 3. The molecule has 4 rings (SSSR count). The molecule has 24 heavy (non-hydrogen) atoms. The molecule has 4 nitrogen and oxygen atoms in total. The molecule has 1 amide bonds. The number of nitrogens with zero attached hydrogens (tertiary/aromatic N) is 1. The number of rotatable bonds is 1. The second-order valence-electron chi connectivity index (χ2n) is 6.57. The Balaban J connectivity index is 1.80. The van der Waals surface area contributed by atoms with Crippen LogP contribution in [0.4, 0.5) is 0 Å². The number of carbonyl (C=O) groups is 2.